The van der Waals surface area contributed by atoms with Gasteiger partial charge in [0.1, 0.15) is 0 Å². The molecule has 0 aromatic heterocycles. The minimum Gasteiger partial charge on any atom is -0.355 e. The number of nitrogens with one attached hydrogen (secondary N) is 1. The monoisotopic (exact) mass is 294 g/mol. The van der Waals surface area contributed by atoms with Crippen LogP contribution in [0.1, 0.15) is 31.7 Å². The summed E-state index contributed by atoms with van der Waals surface area (Å²) in [6.07, 6.45) is 2.25. The molecule has 3 nitrogen and oxygen atoms in total. The van der Waals surface area contributed by atoms with Crippen LogP contribution in [0.3, 0.4) is 0 Å². The Balaban J connectivity index is 1.79. The van der Waals surface area contributed by atoms with Crippen molar-refractivity contribution in [3.8, 4) is 11.8 Å². The Morgan fingerprint density at radius 1 is 1.23 bits per heavy atom. The molecule has 0 saturated carbocycles. The highest BCUT2D eigenvalue weighted by Crippen LogP contribution is 2.14. The van der Waals surface area contributed by atoms with Gasteiger partial charge in [0.25, 0.3) is 0 Å². The lowest BCUT2D eigenvalue weighted by Gasteiger charge is -2.08. The van der Waals surface area contributed by atoms with E-state index in [4.69, 9.17) is 5.73 Å². The summed E-state index contributed by atoms with van der Waals surface area (Å²) in [6.45, 7) is 2.53. The molecule has 22 heavy (non-hydrogen) atoms. The molecule has 2 rings (SSSR count). The summed E-state index contributed by atoms with van der Waals surface area (Å²) >= 11 is 0. The standard InChI is InChI=1S/C19H22N2O/c1-2-18(20)19(22)21-13-7-3-4-8-15-11-12-16-9-5-6-10-17(16)14-15/h5-6,9-12,14,18H,2-3,7,13,20H2,1H3,(H,21,22)/t18-/m0/s1. The molecule has 0 aliphatic rings. The summed E-state index contributed by atoms with van der Waals surface area (Å²) in [4.78, 5) is 11.5. The van der Waals surface area contributed by atoms with E-state index in [0.717, 1.165) is 18.4 Å². The van der Waals surface area contributed by atoms with Crippen LogP contribution in [0, 0.1) is 11.8 Å². The minimum absolute atomic E-state index is 0.0787. The molecule has 0 spiro atoms. The van der Waals surface area contributed by atoms with Gasteiger partial charge in [-0.1, -0.05) is 49.1 Å². The fourth-order valence-electron chi connectivity index (χ4n) is 2.14. The Morgan fingerprint density at radius 3 is 2.77 bits per heavy atom. The van der Waals surface area contributed by atoms with Crippen LogP contribution in [-0.2, 0) is 4.79 Å². The van der Waals surface area contributed by atoms with Crippen molar-refractivity contribution in [2.75, 3.05) is 6.54 Å². The van der Waals surface area contributed by atoms with Gasteiger partial charge in [0.05, 0.1) is 6.04 Å². The Kier molecular flexibility index (Phi) is 6.00. The number of fused-ring (bicyclic) bond motifs is 1. The molecular weight excluding hydrogens is 272 g/mol. The number of amides is 1. The van der Waals surface area contributed by atoms with Crippen LogP contribution in [0.4, 0.5) is 0 Å². The van der Waals surface area contributed by atoms with Crippen molar-refractivity contribution in [2.24, 2.45) is 5.73 Å². The summed E-state index contributed by atoms with van der Waals surface area (Å²) in [6, 6.07) is 14.1. The number of rotatable bonds is 5. The average molecular weight is 294 g/mol. The van der Waals surface area contributed by atoms with E-state index in [1.165, 1.54) is 10.8 Å². The predicted molar refractivity (Wildman–Crippen MR) is 91.3 cm³/mol. The molecule has 114 valence electrons. The second-order valence-electron chi connectivity index (χ2n) is 5.27. The SMILES string of the molecule is CC[C@H](N)C(=O)NCCCC#Cc1ccc2ccccc2c1. The van der Waals surface area contributed by atoms with Crippen LogP contribution in [0.25, 0.3) is 10.8 Å². The van der Waals surface area contributed by atoms with Crippen molar-refractivity contribution in [1.82, 2.24) is 5.32 Å². The molecule has 0 unspecified atom stereocenters. The van der Waals surface area contributed by atoms with E-state index in [1.807, 2.05) is 25.1 Å². The molecular formula is C19H22N2O. The van der Waals surface area contributed by atoms with Gasteiger partial charge in [-0.15, -0.1) is 0 Å². The Hall–Kier alpha value is -2.31. The largest absolute Gasteiger partial charge is 0.355 e. The highest BCUT2D eigenvalue weighted by Gasteiger charge is 2.08. The second kappa shape index (κ2) is 8.21. The van der Waals surface area contributed by atoms with Crippen molar-refractivity contribution in [2.45, 2.75) is 32.2 Å². The Labute approximate surface area is 131 Å². The first-order valence-electron chi connectivity index (χ1n) is 7.71. The third-order valence-electron chi connectivity index (χ3n) is 3.54. The van der Waals surface area contributed by atoms with Crippen molar-refractivity contribution in [3.05, 3.63) is 48.0 Å². The third-order valence-corrected chi connectivity index (χ3v) is 3.54. The molecule has 1 amide bonds. The Bertz CT molecular complexity index is 697. The first-order valence-corrected chi connectivity index (χ1v) is 7.71. The number of benzene rings is 2. The number of unbranched alkanes of at least 4 members (excludes halogenated alkanes) is 1. The lowest BCUT2D eigenvalue weighted by Crippen LogP contribution is -2.40. The topological polar surface area (TPSA) is 55.1 Å². The highest BCUT2D eigenvalue weighted by atomic mass is 16.2. The predicted octanol–water partition coefficient (Wildman–Crippen LogP) is 2.83. The number of carbonyl (C=O) groups excluding carboxylic acids is 1. The van der Waals surface area contributed by atoms with Crippen molar-refractivity contribution < 1.29 is 4.79 Å². The third kappa shape index (κ3) is 4.61. The number of nitrogens with two attached hydrogens (primary N) is 1. The van der Waals surface area contributed by atoms with E-state index in [2.05, 4.69) is 41.4 Å². The van der Waals surface area contributed by atoms with E-state index in [9.17, 15) is 4.79 Å². The fourth-order valence-corrected chi connectivity index (χ4v) is 2.14. The van der Waals surface area contributed by atoms with E-state index >= 15 is 0 Å². The van der Waals surface area contributed by atoms with Crippen LogP contribution in [0.5, 0.6) is 0 Å². The fraction of sp³-hybridized carbons (Fsp3) is 0.316. The summed E-state index contributed by atoms with van der Waals surface area (Å²) in [7, 11) is 0. The highest BCUT2D eigenvalue weighted by molar-refractivity contribution is 5.83. The van der Waals surface area contributed by atoms with Gasteiger partial charge in [-0.25, -0.2) is 0 Å². The molecule has 3 heteroatoms. The molecule has 0 heterocycles. The normalized spacial score (nSPS) is 11.5. The van der Waals surface area contributed by atoms with Crippen LogP contribution in [-0.4, -0.2) is 18.5 Å². The molecule has 2 aromatic carbocycles. The van der Waals surface area contributed by atoms with Gasteiger partial charge in [-0.05, 0) is 35.7 Å². The van der Waals surface area contributed by atoms with Crippen LogP contribution < -0.4 is 11.1 Å². The minimum atomic E-state index is -0.399. The first-order chi connectivity index (χ1) is 10.7. The molecule has 2 aromatic rings. The lowest BCUT2D eigenvalue weighted by atomic mass is 10.1. The molecule has 0 aliphatic carbocycles. The summed E-state index contributed by atoms with van der Waals surface area (Å²) in [5, 5.41) is 5.25. The van der Waals surface area contributed by atoms with Crippen molar-refractivity contribution in [1.29, 1.82) is 0 Å². The van der Waals surface area contributed by atoms with Crippen LogP contribution in [0.2, 0.25) is 0 Å². The second-order valence-corrected chi connectivity index (χ2v) is 5.27. The van der Waals surface area contributed by atoms with Crippen LogP contribution >= 0.6 is 0 Å². The molecule has 1 atom stereocenters. The zero-order chi connectivity index (χ0) is 15.8. The molecule has 0 aliphatic heterocycles. The maximum Gasteiger partial charge on any atom is 0.236 e. The maximum absolute atomic E-state index is 11.5. The van der Waals surface area contributed by atoms with Gasteiger partial charge in [0.15, 0.2) is 0 Å². The van der Waals surface area contributed by atoms with E-state index in [0.29, 0.717) is 13.0 Å². The molecule has 3 N–H and O–H groups in total. The zero-order valence-electron chi connectivity index (χ0n) is 12.9. The molecule has 0 radical (unpaired) electrons. The first kappa shape index (κ1) is 16.1. The van der Waals surface area contributed by atoms with Crippen molar-refractivity contribution in [3.63, 3.8) is 0 Å². The zero-order valence-corrected chi connectivity index (χ0v) is 12.9. The smallest absolute Gasteiger partial charge is 0.236 e. The number of hydrogen-bond donors (Lipinski definition) is 2. The van der Waals surface area contributed by atoms with Gasteiger partial charge in [-0.2, -0.15) is 0 Å². The van der Waals surface area contributed by atoms with Gasteiger partial charge < -0.3 is 11.1 Å². The van der Waals surface area contributed by atoms with E-state index in [1.54, 1.807) is 0 Å². The lowest BCUT2D eigenvalue weighted by molar-refractivity contribution is -0.122. The molecule has 0 saturated heterocycles. The Morgan fingerprint density at radius 2 is 2.00 bits per heavy atom. The molecule has 0 fully saturated rings. The van der Waals surface area contributed by atoms with Crippen LogP contribution in [0.15, 0.2) is 42.5 Å². The van der Waals surface area contributed by atoms with E-state index < -0.39 is 6.04 Å². The summed E-state index contributed by atoms with van der Waals surface area (Å²) in [5.74, 6) is 6.24. The van der Waals surface area contributed by atoms with Gasteiger partial charge in [0, 0.05) is 18.5 Å². The van der Waals surface area contributed by atoms with E-state index in [-0.39, 0.29) is 5.91 Å². The number of hydrogen-bond acceptors (Lipinski definition) is 2. The van der Waals surface area contributed by atoms with Gasteiger partial charge in [-0.3, -0.25) is 4.79 Å². The number of carbonyl (C=O) groups is 1. The quantitative estimate of drug-likeness (QED) is 0.658. The van der Waals surface area contributed by atoms with Crippen molar-refractivity contribution >= 4 is 16.7 Å². The molecule has 0 bridgehead atoms. The maximum atomic E-state index is 11.5. The van der Waals surface area contributed by atoms with Gasteiger partial charge >= 0.3 is 0 Å². The average Bonchev–Trinajstić information content (AvgIpc) is 2.56. The summed E-state index contributed by atoms with van der Waals surface area (Å²) < 4.78 is 0. The van der Waals surface area contributed by atoms with Gasteiger partial charge in [0.2, 0.25) is 5.91 Å². The summed E-state index contributed by atoms with van der Waals surface area (Å²) in [5.41, 5.74) is 6.66.